The third-order valence-electron chi connectivity index (χ3n) is 1.97. The second kappa shape index (κ2) is 4.99. The van der Waals surface area contributed by atoms with Gasteiger partial charge >= 0.3 is 0 Å². The molecule has 0 amide bonds. The predicted molar refractivity (Wildman–Crippen MR) is 56.4 cm³/mol. The number of benzene rings is 1. The normalized spacial score (nSPS) is 12.1. The summed E-state index contributed by atoms with van der Waals surface area (Å²) in [6.07, 6.45) is 6.35. The molecule has 0 radical (unpaired) electrons. The van der Waals surface area contributed by atoms with Crippen molar-refractivity contribution in [3.8, 4) is 12.3 Å². The number of halogens is 2. The topological polar surface area (TPSA) is 26.0 Å². The van der Waals surface area contributed by atoms with Crippen LogP contribution in [0.15, 0.2) is 18.2 Å². The van der Waals surface area contributed by atoms with Crippen LogP contribution in [0.3, 0.4) is 0 Å². The van der Waals surface area contributed by atoms with Gasteiger partial charge in [-0.05, 0) is 24.1 Å². The molecule has 0 bridgehead atoms. The van der Waals surface area contributed by atoms with Gasteiger partial charge in [0.05, 0.1) is 5.02 Å². The highest BCUT2D eigenvalue weighted by molar-refractivity contribution is 6.30. The summed E-state index contributed by atoms with van der Waals surface area (Å²) < 4.78 is 13.0. The SMILES string of the molecule is C#CCCC(N)c1ccc(Cl)c(F)c1. The number of rotatable bonds is 3. The number of hydrogen-bond donors (Lipinski definition) is 1. The Kier molecular flexibility index (Phi) is 3.94. The fraction of sp³-hybridized carbons (Fsp3) is 0.273. The van der Waals surface area contributed by atoms with Crippen LogP contribution in [0.2, 0.25) is 5.02 Å². The molecule has 1 aromatic rings. The average Bonchev–Trinajstić information content (AvgIpc) is 2.18. The van der Waals surface area contributed by atoms with Crippen molar-refractivity contribution < 1.29 is 4.39 Å². The second-order valence-electron chi connectivity index (χ2n) is 3.02. The summed E-state index contributed by atoms with van der Waals surface area (Å²) in [5, 5.41) is 0.109. The molecule has 1 nitrogen and oxygen atoms in total. The molecular formula is C11H11ClFN. The van der Waals surface area contributed by atoms with Crippen molar-refractivity contribution in [2.75, 3.05) is 0 Å². The van der Waals surface area contributed by atoms with E-state index in [1.54, 1.807) is 6.07 Å². The molecule has 1 rings (SSSR count). The summed E-state index contributed by atoms with van der Waals surface area (Å²) >= 11 is 5.54. The first kappa shape index (κ1) is 11.0. The molecule has 0 aromatic heterocycles. The lowest BCUT2D eigenvalue weighted by Crippen LogP contribution is -2.10. The molecule has 1 aromatic carbocycles. The third-order valence-corrected chi connectivity index (χ3v) is 2.28. The molecule has 0 heterocycles. The Hall–Kier alpha value is -1.04. The molecule has 0 fully saturated rings. The van der Waals surface area contributed by atoms with Crippen LogP contribution in [0.4, 0.5) is 4.39 Å². The molecule has 0 saturated carbocycles. The van der Waals surface area contributed by atoms with Crippen molar-refractivity contribution in [3.63, 3.8) is 0 Å². The summed E-state index contributed by atoms with van der Waals surface area (Å²) in [6.45, 7) is 0. The number of hydrogen-bond acceptors (Lipinski definition) is 1. The summed E-state index contributed by atoms with van der Waals surface area (Å²) in [4.78, 5) is 0. The van der Waals surface area contributed by atoms with Crippen LogP contribution in [0.5, 0.6) is 0 Å². The Morgan fingerprint density at radius 3 is 2.86 bits per heavy atom. The molecule has 0 aliphatic rings. The Balaban J connectivity index is 2.76. The first-order valence-corrected chi connectivity index (χ1v) is 4.67. The van der Waals surface area contributed by atoms with E-state index < -0.39 is 5.82 Å². The van der Waals surface area contributed by atoms with Crippen molar-refractivity contribution in [2.45, 2.75) is 18.9 Å². The average molecular weight is 212 g/mol. The van der Waals surface area contributed by atoms with Gasteiger partial charge in [0.1, 0.15) is 5.82 Å². The van der Waals surface area contributed by atoms with Gasteiger partial charge < -0.3 is 5.73 Å². The minimum absolute atomic E-state index is 0.109. The van der Waals surface area contributed by atoms with E-state index in [-0.39, 0.29) is 11.1 Å². The summed E-state index contributed by atoms with van der Waals surface area (Å²) in [5.41, 5.74) is 6.52. The molecule has 1 unspecified atom stereocenters. The van der Waals surface area contributed by atoms with Crippen LogP contribution in [-0.2, 0) is 0 Å². The van der Waals surface area contributed by atoms with E-state index in [2.05, 4.69) is 5.92 Å². The van der Waals surface area contributed by atoms with E-state index in [0.717, 1.165) is 5.56 Å². The van der Waals surface area contributed by atoms with Crippen molar-refractivity contribution >= 4 is 11.6 Å². The van der Waals surface area contributed by atoms with Gasteiger partial charge in [0, 0.05) is 12.5 Å². The van der Waals surface area contributed by atoms with Crippen molar-refractivity contribution in [3.05, 3.63) is 34.6 Å². The summed E-state index contributed by atoms with van der Waals surface area (Å²) in [7, 11) is 0. The number of terminal acetylenes is 1. The molecular weight excluding hydrogens is 201 g/mol. The zero-order valence-electron chi connectivity index (χ0n) is 7.63. The van der Waals surface area contributed by atoms with E-state index in [4.69, 9.17) is 23.8 Å². The van der Waals surface area contributed by atoms with E-state index in [1.807, 2.05) is 0 Å². The zero-order chi connectivity index (χ0) is 10.6. The quantitative estimate of drug-likeness (QED) is 0.765. The Morgan fingerprint density at radius 2 is 2.29 bits per heavy atom. The fourth-order valence-corrected chi connectivity index (χ4v) is 1.27. The summed E-state index contributed by atoms with van der Waals surface area (Å²) in [5.74, 6) is 2.05. The van der Waals surface area contributed by atoms with Crippen LogP contribution < -0.4 is 5.73 Å². The Bertz CT molecular complexity index is 357. The lowest BCUT2D eigenvalue weighted by molar-refractivity contribution is 0.613. The molecule has 74 valence electrons. The van der Waals surface area contributed by atoms with Gasteiger partial charge in [0.15, 0.2) is 0 Å². The Morgan fingerprint density at radius 1 is 1.57 bits per heavy atom. The first-order valence-electron chi connectivity index (χ1n) is 4.29. The lowest BCUT2D eigenvalue weighted by atomic mass is 10.0. The zero-order valence-corrected chi connectivity index (χ0v) is 8.39. The van der Waals surface area contributed by atoms with Gasteiger partial charge in [0.25, 0.3) is 0 Å². The molecule has 0 spiro atoms. The van der Waals surface area contributed by atoms with Gasteiger partial charge in [-0.15, -0.1) is 12.3 Å². The minimum atomic E-state index is -0.444. The maximum absolute atomic E-state index is 13.0. The second-order valence-corrected chi connectivity index (χ2v) is 3.43. The molecule has 3 heteroatoms. The summed E-state index contributed by atoms with van der Waals surface area (Å²) in [6, 6.07) is 4.34. The van der Waals surface area contributed by atoms with Crippen molar-refractivity contribution in [1.82, 2.24) is 0 Å². The van der Waals surface area contributed by atoms with Crippen molar-refractivity contribution in [1.29, 1.82) is 0 Å². The molecule has 14 heavy (non-hydrogen) atoms. The van der Waals surface area contributed by atoms with E-state index in [1.165, 1.54) is 12.1 Å². The van der Waals surface area contributed by atoms with Gasteiger partial charge in [-0.3, -0.25) is 0 Å². The third kappa shape index (κ3) is 2.73. The molecule has 2 N–H and O–H groups in total. The minimum Gasteiger partial charge on any atom is -0.324 e. The highest BCUT2D eigenvalue weighted by Gasteiger charge is 2.07. The van der Waals surface area contributed by atoms with Crippen LogP contribution in [0.1, 0.15) is 24.4 Å². The van der Waals surface area contributed by atoms with Gasteiger partial charge in [-0.25, -0.2) is 4.39 Å². The fourth-order valence-electron chi connectivity index (χ4n) is 1.15. The highest BCUT2D eigenvalue weighted by Crippen LogP contribution is 2.21. The van der Waals surface area contributed by atoms with Gasteiger partial charge in [-0.1, -0.05) is 17.7 Å². The first-order chi connectivity index (χ1) is 6.65. The van der Waals surface area contributed by atoms with E-state index in [0.29, 0.717) is 12.8 Å². The molecule has 0 saturated heterocycles. The highest BCUT2D eigenvalue weighted by atomic mass is 35.5. The monoisotopic (exact) mass is 211 g/mol. The van der Waals surface area contributed by atoms with Crippen LogP contribution in [0, 0.1) is 18.2 Å². The smallest absolute Gasteiger partial charge is 0.142 e. The van der Waals surface area contributed by atoms with Crippen LogP contribution >= 0.6 is 11.6 Å². The standard InChI is InChI=1S/C11H11ClFN/c1-2-3-4-11(14)8-5-6-9(12)10(13)7-8/h1,5-7,11H,3-4,14H2. The Labute approximate surface area is 88.1 Å². The van der Waals surface area contributed by atoms with Crippen LogP contribution in [-0.4, -0.2) is 0 Å². The number of nitrogens with two attached hydrogens (primary N) is 1. The predicted octanol–water partition coefficient (Wildman–Crippen LogP) is 2.89. The molecule has 0 aliphatic carbocycles. The van der Waals surface area contributed by atoms with Crippen LogP contribution in [0.25, 0.3) is 0 Å². The van der Waals surface area contributed by atoms with E-state index in [9.17, 15) is 4.39 Å². The lowest BCUT2D eigenvalue weighted by Gasteiger charge is -2.10. The van der Waals surface area contributed by atoms with Gasteiger partial charge in [0.2, 0.25) is 0 Å². The molecule has 0 aliphatic heterocycles. The molecule has 1 atom stereocenters. The maximum Gasteiger partial charge on any atom is 0.142 e. The maximum atomic E-state index is 13.0. The van der Waals surface area contributed by atoms with Gasteiger partial charge in [-0.2, -0.15) is 0 Å². The van der Waals surface area contributed by atoms with Crippen molar-refractivity contribution in [2.24, 2.45) is 5.73 Å². The largest absolute Gasteiger partial charge is 0.324 e. The van der Waals surface area contributed by atoms with E-state index >= 15 is 0 Å².